The van der Waals surface area contributed by atoms with E-state index in [-0.39, 0.29) is 11.9 Å². The predicted molar refractivity (Wildman–Crippen MR) is 139 cm³/mol. The van der Waals surface area contributed by atoms with Crippen molar-refractivity contribution < 1.29 is 9.53 Å². The summed E-state index contributed by atoms with van der Waals surface area (Å²) in [6.45, 7) is 5.98. The maximum Gasteiger partial charge on any atom is 0.236 e. The third-order valence-electron chi connectivity index (χ3n) is 6.40. The summed E-state index contributed by atoms with van der Waals surface area (Å²) in [7, 11) is 0. The van der Waals surface area contributed by atoms with Crippen LogP contribution in [0.2, 0.25) is 0 Å². The first-order valence-corrected chi connectivity index (χ1v) is 12.0. The van der Waals surface area contributed by atoms with Crippen LogP contribution in [-0.2, 0) is 4.79 Å². The molecule has 2 aliphatic heterocycles. The monoisotopic (exact) mass is 521 g/mol. The van der Waals surface area contributed by atoms with Gasteiger partial charge in [0.2, 0.25) is 5.91 Å². The van der Waals surface area contributed by atoms with Crippen LogP contribution in [0.4, 0.5) is 11.4 Å². The highest BCUT2D eigenvalue weighted by Crippen LogP contribution is 2.49. The second kappa shape index (κ2) is 8.15. The maximum absolute atomic E-state index is 13.9. The van der Waals surface area contributed by atoms with E-state index >= 15 is 0 Å². The number of amides is 1. The average molecular weight is 522 g/mol. The van der Waals surface area contributed by atoms with E-state index in [0.29, 0.717) is 5.11 Å². The molecule has 5 nitrogen and oxygen atoms in total. The molecular weight excluding hydrogens is 498 g/mol. The fourth-order valence-electron chi connectivity index (χ4n) is 4.90. The molecular formula is C26H24BrN3O2S. The molecule has 0 saturated carbocycles. The molecule has 1 fully saturated rings. The van der Waals surface area contributed by atoms with Crippen molar-refractivity contribution in [2.75, 3.05) is 10.2 Å². The van der Waals surface area contributed by atoms with E-state index in [4.69, 9.17) is 17.0 Å². The van der Waals surface area contributed by atoms with Crippen molar-refractivity contribution in [1.29, 1.82) is 0 Å². The number of aryl methyl sites for hydroxylation is 2. The molecule has 2 heterocycles. The summed E-state index contributed by atoms with van der Waals surface area (Å²) in [5.74, 6) is 0.0494. The summed E-state index contributed by atoms with van der Waals surface area (Å²) in [6, 6.07) is 21.3. The number of rotatable bonds is 3. The summed E-state index contributed by atoms with van der Waals surface area (Å²) in [5, 5.41) is 7.11. The van der Waals surface area contributed by atoms with Crippen LogP contribution < -0.4 is 20.3 Å². The Bertz CT molecular complexity index is 1280. The van der Waals surface area contributed by atoms with Crippen molar-refractivity contribution in [3.8, 4) is 5.75 Å². The number of thiocarbonyl (C=S) groups is 1. The molecule has 0 aliphatic carbocycles. The number of halogens is 1. The molecule has 3 atom stereocenters. The first-order chi connectivity index (χ1) is 15.8. The van der Waals surface area contributed by atoms with E-state index in [9.17, 15) is 4.79 Å². The third kappa shape index (κ3) is 3.69. The Labute approximate surface area is 207 Å². The van der Waals surface area contributed by atoms with Gasteiger partial charge in [-0.05, 0) is 68.9 Å². The average Bonchev–Trinajstić information content (AvgIpc) is 2.75. The molecule has 0 aromatic heterocycles. The van der Waals surface area contributed by atoms with Crippen molar-refractivity contribution in [1.82, 2.24) is 5.32 Å². The molecule has 3 aromatic carbocycles. The van der Waals surface area contributed by atoms with Crippen molar-refractivity contribution >= 4 is 50.5 Å². The Kier molecular flexibility index (Phi) is 5.41. The van der Waals surface area contributed by atoms with Gasteiger partial charge in [-0.3, -0.25) is 9.69 Å². The zero-order valence-electron chi connectivity index (χ0n) is 18.6. The minimum atomic E-state index is -1.04. The highest BCUT2D eigenvalue weighted by atomic mass is 79.9. The van der Waals surface area contributed by atoms with Crippen LogP contribution in [-0.4, -0.2) is 16.7 Å². The number of benzene rings is 3. The van der Waals surface area contributed by atoms with Crippen LogP contribution in [0.15, 0.2) is 71.2 Å². The number of hydrogen-bond donors (Lipinski definition) is 2. The molecule has 3 aromatic rings. The van der Waals surface area contributed by atoms with Crippen LogP contribution in [0, 0.1) is 19.8 Å². The molecule has 1 saturated heterocycles. The molecule has 168 valence electrons. The number of carbonyl (C=O) groups excluding carboxylic acids is 1. The van der Waals surface area contributed by atoms with E-state index in [0.717, 1.165) is 38.3 Å². The lowest BCUT2D eigenvalue weighted by Gasteiger charge is -2.56. The summed E-state index contributed by atoms with van der Waals surface area (Å²) >= 11 is 9.35. The number of nitrogens with zero attached hydrogens (tertiary/aromatic N) is 1. The summed E-state index contributed by atoms with van der Waals surface area (Å²) in [5.41, 5.74) is 3.69. The summed E-state index contributed by atoms with van der Waals surface area (Å²) < 4.78 is 7.53. The topological polar surface area (TPSA) is 53.6 Å². The van der Waals surface area contributed by atoms with Crippen LogP contribution in [0.3, 0.4) is 0 Å². The SMILES string of the molecule is Cc1ccc(NC(=O)[C@@H]2[C@H]3NC(=S)N(c4cccc(Br)c4)[C@@]2(C)Oc2ccccc23)c(C)c1. The van der Waals surface area contributed by atoms with Gasteiger partial charge in [0.25, 0.3) is 0 Å². The van der Waals surface area contributed by atoms with Crippen LogP contribution in [0.1, 0.15) is 29.7 Å². The van der Waals surface area contributed by atoms with Gasteiger partial charge >= 0.3 is 0 Å². The van der Waals surface area contributed by atoms with Gasteiger partial charge in [0.1, 0.15) is 11.7 Å². The third-order valence-corrected chi connectivity index (χ3v) is 7.19. The van der Waals surface area contributed by atoms with E-state index < -0.39 is 11.6 Å². The van der Waals surface area contributed by atoms with Gasteiger partial charge in [-0.15, -0.1) is 0 Å². The van der Waals surface area contributed by atoms with Gasteiger partial charge in [-0.1, -0.05) is 57.9 Å². The number of carbonyl (C=O) groups is 1. The van der Waals surface area contributed by atoms with Crippen LogP contribution in [0.25, 0.3) is 0 Å². The lowest BCUT2D eigenvalue weighted by molar-refractivity contribution is -0.130. The number of hydrogen-bond acceptors (Lipinski definition) is 3. The second-order valence-corrected chi connectivity index (χ2v) is 10.0. The molecule has 2 aliphatic rings. The Morgan fingerprint density at radius 3 is 2.67 bits per heavy atom. The van der Waals surface area contributed by atoms with Gasteiger partial charge < -0.3 is 15.4 Å². The smallest absolute Gasteiger partial charge is 0.236 e. The fraction of sp³-hybridized carbons (Fsp3) is 0.231. The van der Waals surface area contributed by atoms with E-state index in [1.807, 2.05) is 86.3 Å². The largest absolute Gasteiger partial charge is 0.467 e. The van der Waals surface area contributed by atoms with Gasteiger partial charge in [-0.2, -0.15) is 0 Å². The second-order valence-electron chi connectivity index (χ2n) is 8.72. The van der Waals surface area contributed by atoms with Crippen molar-refractivity contribution in [3.63, 3.8) is 0 Å². The van der Waals surface area contributed by atoms with Crippen LogP contribution >= 0.6 is 28.1 Å². The molecule has 33 heavy (non-hydrogen) atoms. The maximum atomic E-state index is 13.9. The number of para-hydroxylation sites is 1. The lowest BCUT2D eigenvalue weighted by atomic mass is 9.78. The predicted octanol–water partition coefficient (Wildman–Crippen LogP) is 5.87. The summed E-state index contributed by atoms with van der Waals surface area (Å²) in [4.78, 5) is 15.8. The summed E-state index contributed by atoms with van der Waals surface area (Å²) in [6.07, 6.45) is 0. The molecule has 2 bridgehead atoms. The van der Waals surface area contributed by atoms with E-state index in [1.54, 1.807) is 0 Å². The minimum Gasteiger partial charge on any atom is -0.467 e. The Balaban J connectivity index is 1.62. The van der Waals surface area contributed by atoms with Gasteiger partial charge in [0, 0.05) is 21.4 Å². The Hall–Kier alpha value is -2.90. The Morgan fingerprint density at radius 1 is 1.12 bits per heavy atom. The molecule has 5 rings (SSSR count). The molecule has 1 amide bonds. The molecule has 7 heteroatoms. The number of nitrogens with one attached hydrogen (secondary N) is 2. The molecule has 0 radical (unpaired) electrons. The lowest BCUT2D eigenvalue weighted by Crippen LogP contribution is -2.72. The van der Waals surface area contributed by atoms with E-state index in [1.165, 1.54) is 0 Å². The van der Waals surface area contributed by atoms with Gasteiger partial charge in [0.05, 0.1) is 6.04 Å². The van der Waals surface area contributed by atoms with Crippen LogP contribution in [0.5, 0.6) is 5.75 Å². The normalized spacial score (nSPS) is 23.3. The zero-order valence-corrected chi connectivity index (χ0v) is 21.0. The molecule has 2 N–H and O–H groups in total. The fourth-order valence-corrected chi connectivity index (χ4v) is 5.70. The standard InChI is InChI=1S/C26H24BrN3O2S/c1-15-11-12-20(16(2)13-15)28-24(31)22-23-19-9-4-5-10-21(19)32-26(22,3)30(25(33)29-23)18-8-6-7-17(27)14-18/h4-14,22-23H,1-3H3,(H,28,31)(H,29,33)/t22-,23-,26-/m0/s1. The number of ether oxygens (including phenoxy) is 1. The number of fused-ring (bicyclic) bond motifs is 4. The molecule has 0 spiro atoms. The van der Waals surface area contributed by atoms with Crippen molar-refractivity contribution in [2.24, 2.45) is 5.92 Å². The van der Waals surface area contributed by atoms with Gasteiger partial charge in [-0.25, -0.2) is 0 Å². The Morgan fingerprint density at radius 2 is 1.91 bits per heavy atom. The highest BCUT2D eigenvalue weighted by molar-refractivity contribution is 9.10. The number of anilines is 2. The molecule has 0 unspecified atom stereocenters. The first-order valence-electron chi connectivity index (χ1n) is 10.8. The highest BCUT2D eigenvalue weighted by Gasteiger charge is 2.59. The van der Waals surface area contributed by atoms with Crippen molar-refractivity contribution in [2.45, 2.75) is 32.5 Å². The minimum absolute atomic E-state index is 0.126. The zero-order chi connectivity index (χ0) is 23.3. The quantitative estimate of drug-likeness (QED) is 0.422. The first kappa shape index (κ1) is 21.9. The van der Waals surface area contributed by atoms with Crippen molar-refractivity contribution in [3.05, 3.63) is 87.9 Å². The van der Waals surface area contributed by atoms with Gasteiger partial charge in [0.15, 0.2) is 10.8 Å². The van der Waals surface area contributed by atoms with E-state index in [2.05, 4.69) is 32.6 Å².